The number of hydrogen-bond donors (Lipinski definition) is 1. The maximum absolute atomic E-state index is 12.8. The minimum Gasteiger partial charge on any atom is -0.497 e. The fraction of sp³-hybridized carbons (Fsp3) is 0.120. The number of carbonyl (C=O) groups excluding carboxylic acids is 1. The molecule has 2 heterocycles. The summed E-state index contributed by atoms with van der Waals surface area (Å²) in [5, 5.41) is 3.02. The number of rotatable bonds is 4. The molecule has 0 radical (unpaired) electrons. The molecule has 5 nitrogen and oxygen atoms in total. The van der Waals surface area contributed by atoms with E-state index in [0.29, 0.717) is 5.56 Å². The lowest BCUT2D eigenvalue weighted by Crippen LogP contribution is -2.12. The molecule has 0 fully saturated rings. The number of imidazole rings is 1. The number of thiazole rings is 1. The van der Waals surface area contributed by atoms with E-state index in [0.717, 1.165) is 43.4 Å². The third-order valence-electron chi connectivity index (χ3n) is 5.37. The van der Waals surface area contributed by atoms with Crippen molar-refractivity contribution in [3.05, 3.63) is 83.6 Å². The van der Waals surface area contributed by atoms with Gasteiger partial charge in [0, 0.05) is 23.0 Å². The van der Waals surface area contributed by atoms with Crippen LogP contribution in [0.3, 0.4) is 0 Å². The predicted molar refractivity (Wildman–Crippen MR) is 126 cm³/mol. The van der Waals surface area contributed by atoms with Crippen LogP contribution in [-0.2, 0) is 0 Å². The summed E-state index contributed by atoms with van der Waals surface area (Å²) in [6.45, 7) is 4.04. The van der Waals surface area contributed by atoms with E-state index < -0.39 is 0 Å². The number of hydrogen-bond acceptors (Lipinski definition) is 4. The van der Waals surface area contributed by atoms with E-state index in [4.69, 9.17) is 9.72 Å². The zero-order chi connectivity index (χ0) is 21.5. The van der Waals surface area contributed by atoms with Crippen molar-refractivity contribution in [2.24, 2.45) is 0 Å². The Kier molecular flexibility index (Phi) is 4.71. The standard InChI is InChI=1S/C25H21N3O2S/c1-15-4-10-20(16(2)12-15)26-24(29)18-7-11-22-23(13-18)31-25-27-21(14-28(22)25)17-5-8-19(30-3)9-6-17/h4-14H,1-3H3,(H,26,29). The molecule has 0 spiro atoms. The number of fused-ring (bicyclic) bond motifs is 3. The van der Waals surface area contributed by atoms with Crippen LogP contribution in [0.4, 0.5) is 5.69 Å². The number of aryl methyl sites for hydroxylation is 2. The van der Waals surface area contributed by atoms with E-state index in [1.54, 1.807) is 18.4 Å². The van der Waals surface area contributed by atoms with E-state index in [1.807, 2.05) is 74.6 Å². The highest BCUT2D eigenvalue weighted by molar-refractivity contribution is 7.23. The number of nitrogens with zero attached hydrogens (tertiary/aromatic N) is 2. The van der Waals surface area contributed by atoms with Crippen molar-refractivity contribution >= 4 is 38.1 Å². The Balaban J connectivity index is 1.45. The summed E-state index contributed by atoms with van der Waals surface area (Å²) in [4.78, 5) is 18.5. The van der Waals surface area contributed by atoms with Gasteiger partial charge in [-0.05, 0) is 67.9 Å². The molecular formula is C25H21N3O2S. The Hall–Kier alpha value is -3.64. The van der Waals surface area contributed by atoms with Crippen LogP contribution >= 0.6 is 11.3 Å². The first-order valence-corrected chi connectivity index (χ1v) is 10.8. The summed E-state index contributed by atoms with van der Waals surface area (Å²) < 4.78 is 8.33. The minimum absolute atomic E-state index is 0.112. The molecule has 2 aromatic heterocycles. The van der Waals surface area contributed by atoms with Crippen molar-refractivity contribution in [2.45, 2.75) is 13.8 Å². The fourth-order valence-corrected chi connectivity index (χ4v) is 4.74. The number of methoxy groups -OCH3 is 1. The SMILES string of the molecule is COc1ccc(-c2cn3c(n2)sc2cc(C(=O)Nc4ccc(C)cc4C)ccc23)cc1. The number of amides is 1. The molecule has 0 saturated carbocycles. The van der Waals surface area contributed by atoms with Gasteiger partial charge in [0.1, 0.15) is 5.75 Å². The van der Waals surface area contributed by atoms with Gasteiger partial charge in [-0.3, -0.25) is 9.20 Å². The highest BCUT2D eigenvalue weighted by Crippen LogP contribution is 2.31. The van der Waals surface area contributed by atoms with Gasteiger partial charge in [-0.15, -0.1) is 0 Å². The molecule has 154 valence electrons. The number of anilines is 1. The summed E-state index contributed by atoms with van der Waals surface area (Å²) in [5.41, 5.74) is 6.67. The van der Waals surface area contributed by atoms with Gasteiger partial charge < -0.3 is 10.1 Å². The van der Waals surface area contributed by atoms with Crippen molar-refractivity contribution in [2.75, 3.05) is 12.4 Å². The summed E-state index contributed by atoms with van der Waals surface area (Å²) in [7, 11) is 1.66. The second-order valence-electron chi connectivity index (χ2n) is 7.56. The Bertz CT molecular complexity index is 1430. The van der Waals surface area contributed by atoms with Gasteiger partial charge in [-0.25, -0.2) is 4.98 Å². The number of benzene rings is 3. The lowest BCUT2D eigenvalue weighted by molar-refractivity contribution is 0.102. The highest BCUT2D eigenvalue weighted by Gasteiger charge is 2.14. The van der Waals surface area contributed by atoms with Crippen LogP contribution in [0, 0.1) is 13.8 Å². The molecule has 1 amide bonds. The molecule has 0 saturated heterocycles. The summed E-state index contributed by atoms with van der Waals surface area (Å²) in [5.74, 6) is 0.709. The van der Waals surface area contributed by atoms with E-state index in [9.17, 15) is 4.79 Å². The van der Waals surface area contributed by atoms with Gasteiger partial charge in [0.2, 0.25) is 0 Å². The van der Waals surface area contributed by atoms with Crippen molar-refractivity contribution in [3.63, 3.8) is 0 Å². The van der Waals surface area contributed by atoms with E-state index >= 15 is 0 Å². The van der Waals surface area contributed by atoms with Gasteiger partial charge in [-0.1, -0.05) is 29.0 Å². The minimum atomic E-state index is -0.112. The lowest BCUT2D eigenvalue weighted by atomic mass is 10.1. The van der Waals surface area contributed by atoms with Crippen LogP contribution < -0.4 is 10.1 Å². The number of carbonyl (C=O) groups is 1. The van der Waals surface area contributed by atoms with Crippen LogP contribution in [0.25, 0.3) is 26.4 Å². The number of nitrogens with one attached hydrogen (secondary N) is 1. The molecule has 0 aliphatic heterocycles. The van der Waals surface area contributed by atoms with Gasteiger partial charge >= 0.3 is 0 Å². The predicted octanol–water partition coefficient (Wildman–Crippen LogP) is 6.09. The molecule has 0 aliphatic rings. The lowest BCUT2D eigenvalue weighted by Gasteiger charge is -2.09. The van der Waals surface area contributed by atoms with Crippen molar-refractivity contribution in [1.29, 1.82) is 0 Å². The topological polar surface area (TPSA) is 55.6 Å². The van der Waals surface area contributed by atoms with Gasteiger partial charge in [0.15, 0.2) is 4.96 Å². The summed E-state index contributed by atoms with van der Waals surface area (Å²) >= 11 is 1.57. The maximum atomic E-state index is 12.8. The third-order valence-corrected chi connectivity index (χ3v) is 6.39. The van der Waals surface area contributed by atoms with Gasteiger partial charge in [0.05, 0.1) is 23.0 Å². The molecule has 0 atom stereocenters. The van der Waals surface area contributed by atoms with Crippen LogP contribution in [0.1, 0.15) is 21.5 Å². The first kappa shape index (κ1) is 19.3. The van der Waals surface area contributed by atoms with Crippen LogP contribution in [0.5, 0.6) is 5.75 Å². The van der Waals surface area contributed by atoms with Crippen molar-refractivity contribution < 1.29 is 9.53 Å². The smallest absolute Gasteiger partial charge is 0.255 e. The average Bonchev–Trinajstić information content (AvgIpc) is 3.33. The van der Waals surface area contributed by atoms with Gasteiger partial charge in [0.25, 0.3) is 5.91 Å². The zero-order valence-corrected chi connectivity index (χ0v) is 18.3. The summed E-state index contributed by atoms with van der Waals surface area (Å²) in [6, 6.07) is 19.7. The molecule has 0 unspecified atom stereocenters. The molecule has 6 heteroatoms. The second-order valence-corrected chi connectivity index (χ2v) is 8.57. The third kappa shape index (κ3) is 3.55. The maximum Gasteiger partial charge on any atom is 0.255 e. The summed E-state index contributed by atoms with van der Waals surface area (Å²) in [6.07, 6.45) is 2.03. The van der Waals surface area contributed by atoms with Crippen molar-refractivity contribution in [1.82, 2.24) is 9.38 Å². The second kappa shape index (κ2) is 7.56. The van der Waals surface area contributed by atoms with Gasteiger partial charge in [-0.2, -0.15) is 0 Å². The monoisotopic (exact) mass is 427 g/mol. The van der Waals surface area contributed by atoms with Crippen molar-refractivity contribution in [3.8, 4) is 17.0 Å². The Morgan fingerprint density at radius 2 is 1.84 bits per heavy atom. The first-order valence-electron chi connectivity index (χ1n) is 9.96. The molecular weight excluding hydrogens is 406 g/mol. The normalized spacial score (nSPS) is 11.2. The highest BCUT2D eigenvalue weighted by atomic mass is 32.1. The molecule has 1 N–H and O–H groups in total. The number of ether oxygens (including phenoxy) is 1. The average molecular weight is 428 g/mol. The largest absolute Gasteiger partial charge is 0.497 e. The van der Waals surface area contributed by atoms with Crippen LogP contribution in [-0.4, -0.2) is 22.4 Å². The van der Waals surface area contributed by atoms with E-state index in [1.165, 1.54) is 5.56 Å². The fourth-order valence-electron chi connectivity index (χ4n) is 3.69. The Morgan fingerprint density at radius 1 is 1.03 bits per heavy atom. The quantitative estimate of drug-likeness (QED) is 0.377. The van der Waals surface area contributed by atoms with Crippen LogP contribution in [0.15, 0.2) is 66.9 Å². The van der Waals surface area contributed by atoms with E-state index in [-0.39, 0.29) is 5.91 Å². The van der Waals surface area contributed by atoms with Crippen LogP contribution in [0.2, 0.25) is 0 Å². The zero-order valence-electron chi connectivity index (χ0n) is 17.5. The molecule has 5 aromatic rings. The number of aromatic nitrogens is 2. The Morgan fingerprint density at radius 3 is 2.58 bits per heavy atom. The molecule has 31 heavy (non-hydrogen) atoms. The van der Waals surface area contributed by atoms with E-state index in [2.05, 4.69) is 15.8 Å². The molecule has 0 bridgehead atoms. The molecule has 5 rings (SSSR count). The Labute approximate surface area is 183 Å². The molecule has 0 aliphatic carbocycles. The first-order chi connectivity index (χ1) is 15.0. The molecule has 3 aromatic carbocycles.